The van der Waals surface area contributed by atoms with E-state index in [-0.39, 0.29) is 5.56 Å². The SMILES string of the molecule is Fc1cc(F)c(-c2cccc3cccc(-c4ccccc4)c23)cc1F. The van der Waals surface area contributed by atoms with Crippen molar-refractivity contribution < 1.29 is 13.2 Å². The standard InChI is InChI=1S/C22H13F3/c23-19-13-21(25)20(24)12-18(19)17-11-5-9-15-8-4-10-16(22(15)17)14-6-2-1-3-7-14/h1-13H. The van der Waals surface area contributed by atoms with Crippen LogP contribution in [0.15, 0.2) is 78.9 Å². The van der Waals surface area contributed by atoms with Crippen LogP contribution in [0.25, 0.3) is 33.0 Å². The van der Waals surface area contributed by atoms with Crippen molar-refractivity contribution in [2.45, 2.75) is 0 Å². The van der Waals surface area contributed by atoms with Crippen molar-refractivity contribution in [2.24, 2.45) is 0 Å². The second-order valence-electron chi connectivity index (χ2n) is 5.82. The Bertz CT molecular complexity index is 1060. The van der Waals surface area contributed by atoms with Crippen molar-refractivity contribution in [3.63, 3.8) is 0 Å². The summed E-state index contributed by atoms with van der Waals surface area (Å²) in [5.41, 5.74) is 2.47. The molecule has 0 N–H and O–H groups in total. The lowest BCUT2D eigenvalue weighted by Gasteiger charge is -2.13. The highest BCUT2D eigenvalue weighted by molar-refractivity contribution is 6.06. The largest absolute Gasteiger partial charge is 0.206 e. The molecule has 0 bridgehead atoms. The molecule has 0 aliphatic heterocycles. The van der Waals surface area contributed by atoms with Gasteiger partial charge in [0.15, 0.2) is 11.6 Å². The van der Waals surface area contributed by atoms with Gasteiger partial charge in [0, 0.05) is 11.6 Å². The molecule has 0 nitrogen and oxygen atoms in total. The summed E-state index contributed by atoms with van der Waals surface area (Å²) in [6, 6.07) is 22.4. The van der Waals surface area contributed by atoms with Gasteiger partial charge in [0.05, 0.1) is 0 Å². The fraction of sp³-hybridized carbons (Fsp3) is 0. The van der Waals surface area contributed by atoms with Gasteiger partial charge in [-0.1, -0.05) is 66.7 Å². The van der Waals surface area contributed by atoms with E-state index in [0.29, 0.717) is 11.6 Å². The van der Waals surface area contributed by atoms with Crippen LogP contribution in [0.1, 0.15) is 0 Å². The van der Waals surface area contributed by atoms with Gasteiger partial charge in [-0.2, -0.15) is 0 Å². The van der Waals surface area contributed by atoms with Gasteiger partial charge in [-0.15, -0.1) is 0 Å². The zero-order valence-electron chi connectivity index (χ0n) is 13.1. The quantitative estimate of drug-likeness (QED) is 0.363. The lowest BCUT2D eigenvalue weighted by molar-refractivity contribution is 0.496. The fourth-order valence-electron chi connectivity index (χ4n) is 3.15. The highest BCUT2D eigenvalue weighted by Crippen LogP contribution is 2.37. The Morgan fingerprint density at radius 1 is 0.480 bits per heavy atom. The molecule has 0 aliphatic carbocycles. The maximum atomic E-state index is 14.4. The molecule has 0 radical (unpaired) electrons. The third-order valence-electron chi connectivity index (χ3n) is 4.29. The first-order valence-corrected chi connectivity index (χ1v) is 7.87. The summed E-state index contributed by atoms with van der Waals surface area (Å²) in [7, 11) is 0. The summed E-state index contributed by atoms with van der Waals surface area (Å²) in [5.74, 6) is -3.04. The van der Waals surface area contributed by atoms with Gasteiger partial charge < -0.3 is 0 Å². The van der Waals surface area contributed by atoms with Crippen LogP contribution in [-0.4, -0.2) is 0 Å². The van der Waals surface area contributed by atoms with Gasteiger partial charge in [-0.05, 0) is 33.5 Å². The zero-order chi connectivity index (χ0) is 17.4. The maximum Gasteiger partial charge on any atom is 0.161 e. The van der Waals surface area contributed by atoms with Gasteiger partial charge in [0.1, 0.15) is 5.82 Å². The average molecular weight is 334 g/mol. The summed E-state index contributed by atoms with van der Waals surface area (Å²) >= 11 is 0. The zero-order valence-corrected chi connectivity index (χ0v) is 13.1. The molecule has 0 saturated heterocycles. The number of benzene rings is 4. The van der Waals surface area contributed by atoms with Crippen LogP contribution >= 0.6 is 0 Å². The summed E-state index contributed by atoms with van der Waals surface area (Å²) in [6.45, 7) is 0. The molecule has 4 aromatic carbocycles. The maximum absolute atomic E-state index is 14.4. The minimum atomic E-state index is -1.19. The van der Waals surface area contributed by atoms with Crippen molar-refractivity contribution in [1.82, 2.24) is 0 Å². The van der Waals surface area contributed by atoms with Crippen LogP contribution in [0, 0.1) is 17.5 Å². The van der Waals surface area contributed by atoms with Crippen molar-refractivity contribution in [2.75, 3.05) is 0 Å². The van der Waals surface area contributed by atoms with Crippen molar-refractivity contribution >= 4 is 10.8 Å². The van der Waals surface area contributed by atoms with Gasteiger partial charge in [0.25, 0.3) is 0 Å². The number of hydrogen-bond acceptors (Lipinski definition) is 0. The Balaban J connectivity index is 2.08. The lowest BCUT2D eigenvalue weighted by atomic mass is 9.91. The number of hydrogen-bond donors (Lipinski definition) is 0. The molecule has 0 fully saturated rings. The van der Waals surface area contributed by atoms with E-state index < -0.39 is 17.5 Å². The molecule has 0 heterocycles. The molecule has 0 aromatic heterocycles. The van der Waals surface area contributed by atoms with Crippen molar-refractivity contribution in [3.05, 3.63) is 96.3 Å². The molecular weight excluding hydrogens is 321 g/mol. The number of fused-ring (bicyclic) bond motifs is 1. The Morgan fingerprint density at radius 3 is 1.84 bits per heavy atom. The smallest absolute Gasteiger partial charge is 0.161 e. The van der Waals surface area contributed by atoms with E-state index in [1.54, 1.807) is 12.1 Å². The monoisotopic (exact) mass is 334 g/mol. The minimum absolute atomic E-state index is 0.0490. The molecular formula is C22H13F3. The predicted molar refractivity (Wildman–Crippen MR) is 94.7 cm³/mol. The van der Waals surface area contributed by atoms with Gasteiger partial charge in [0.2, 0.25) is 0 Å². The van der Waals surface area contributed by atoms with E-state index in [0.717, 1.165) is 28.0 Å². The average Bonchev–Trinajstić information content (AvgIpc) is 2.64. The van der Waals surface area contributed by atoms with Crippen LogP contribution in [0.5, 0.6) is 0 Å². The molecule has 0 aliphatic rings. The lowest BCUT2D eigenvalue weighted by Crippen LogP contribution is -1.93. The number of halogens is 3. The predicted octanol–water partition coefficient (Wildman–Crippen LogP) is 6.59. The van der Waals surface area contributed by atoms with Crippen molar-refractivity contribution in [1.29, 1.82) is 0 Å². The van der Waals surface area contributed by atoms with E-state index in [1.807, 2.05) is 54.6 Å². The van der Waals surface area contributed by atoms with E-state index in [1.165, 1.54) is 0 Å². The second-order valence-corrected chi connectivity index (χ2v) is 5.82. The van der Waals surface area contributed by atoms with E-state index in [4.69, 9.17) is 0 Å². The van der Waals surface area contributed by atoms with Crippen LogP contribution in [0.4, 0.5) is 13.2 Å². The Morgan fingerprint density at radius 2 is 1.12 bits per heavy atom. The molecule has 25 heavy (non-hydrogen) atoms. The third kappa shape index (κ3) is 2.68. The van der Waals surface area contributed by atoms with Crippen LogP contribution in [0.3, 0.4) is 0 Å². The molecule has 0 spiro atoms. The molecule has 0 saturated carbocycles. The molecule has 3 heteroatoms. The molecule has 4 rings (SSSR count). The topological polar surface area (TPSA) is 0 Å². The Hall–Kier alpha value is -3.07. The Kier molecular flexibility index (Phi) is 3.77. The minimum Gasteiger partial charge on any atom is -0.206 e. The first-order valence-electron chi connectivity index (χ1n) is 7.87. The summed E-state index contributed by atoms with van der Waals surface area (Å²) in [5, 5.41) is 1.71. The van der Waals surface area contributed by atoms with Crippen molar-refractivity contribution in [3.8, 4) is 22.3 Å². The van der Waals surface area contributed by atoms with E-state index >= 15 is 0 Å². The highest BCUT2D eigenvalue weighted by Gasteiger charge is 2.16. The molecule has 4 aromatic rings. The van der Waals surface area contributed by atoms with Gasteiger partial charge in [-0.25, -0.2) is 13.2 Å². The summed E-state index contributed by atoms with van der Waals surface area (Å²) < 4.78 is 41.4. The highest BCUT2D eigenvalue weighted by atomic mass is 19.2. The summed E-state index contributed by atoms with van der Waals surface area (Å²) in [4.78, 5) is 0. The Labute approximate surface area is 143 Å². The normalized spacial score (nSPS) is 11.0. The summed E-state index contributed by atoms with van der Waals surface area (Å²) in [6.07, 6.45) is 0. The first kappa shape index (κ1) is 15.5. The van der Waals surface area contributed by atoms with E-state index in [9.17, 15) is 13.2 Å². The van der Waals surface area contributed by atoms with E-state index in [2.05, 4.69) is 0 Å². The third-order valence-corrected chi connectivity index (χ3v) is 4.29. The van der Waals surface area contributed by atoms with Gasteiger partial charge >= 0.3 is 0 Å². The fourth-order valence-corrected chi connectivity index (χ4v) is 3.15. The van der Waals surface area contributed by atoms with Gasteiger partial charge in [-0.3, -0.25) is 0 Å². The second kappa shape index (κ2) is 6.10. The molecule has 122 valence electrons. The van der Waals surface area contributed by atoms with Crippen LogP contribution in [-0.2, 0) is 0 Å². The first-order chi connectivity index (χ1) is 12.1. The number of rotatable bonds is 2. The molecule has 0 atom stereocenters. The van der Waals surface area contributed by atoms with Crippen LogP contribution < -0.4 is 0 Å². The molecule has 0 unspecified atom stereocenters. The van der Waals surface area contributed by atoms with Crippen LogP contribution in [0.2, 0.25) is 0 Å². The molecule has 0 amide bonds.